The van der Waals surface area contributed by atoms with E-state index in [2.05, 4.69) is 10.6 Å². The molecular weight excluding hydrogens is 476 g/mol. The second-order valence-electron chi connectivity index (χ2n) is 7.09. The lowest BCUT2D eigenvalue weighted by Gasteiger charge is -2.40. The first-order valence-electron chi connectivity index (χ1n) is 9.64. The summed E-state index contributed by atoms with van der Waals surface area (Å²) < 4.78 is 23.6. The van der Waals surface area contributed by atoms with Crippen molar-refractivity contribution < 1.29 is 19.0 Å². The Labute approximate surface area is 184 Å². The third-order valence-electron chi connectivity index (χ3n) is 4.93. The maximum atomic E-state index is 12.9. The first-order valence-corrected chi connectivity index (χ1v) is 9.64. The lowest BCUT2D eigenvalue weighted by Crippen LogP contribution is -2.44. The SMILES string of the molecule is CCNC(=NCC1(CCOC)CCC1)NCC(O)COc1ccc(F)cc1.I. The van der Waals surface area contributed by atoms with Gasteiger partial charge in [0, 0.05) is 33.4 Å². The molecule has 28 heavy (non-hydrogen) atoms. The summed E-state index contributed by atoms with van der Waals surface area (Å²) in [6, 6.07) is 5.74. The van der Waals surface area contributed by atoms with Gasteiger partial charge in [-0.05, 0) is 55.9 Å². The molecule has 0 radical (unpaired) electrons. The van der Waals surface area contributed by atoms with E-state index >= 15 is 0 Å². The summed E-state index contributed by atoms with van der Waals surface area (Å²) in [5, 5.41) is 16.5. The zero-order valence-electron chi connectivity index (χ0n) is 16.7. The van der Waals surface area contributed by atoms with Gasteiger partial charge in [0.1, 0.15) is 24.3 Å². The molecule has 0 spiro atoms. The normalized spacial score (nSPS) is 16.5. The van der Waals surface area contributed by atoms with Crippen LogP contribution < -0.4 is 15.4 Å². The predicted molar refractivity (Wildman–Crippen MR) is 120 cm³/mol. The standard InChI is InChI=1S/C20H32FN3O3.HI/c1-3-22-19(24-15-20(9-4-10-20)11-12-26-2)23-13-17(25)14-27-18-7-5-16(21)6-8-18;/h5-8,17,25H,3-4,9-15H2,1-2H3,(H2,22,23,24);1H. The molecule has 1 aliphatic carbocycles. The topological polar surface area (TPSA) is 75.1 Å². The molecule has 1 atom stereocenters. The average molecular weight is 509 g/mol. The van der Waals surface area contributed by atoms with Crippen molar-refractivity contribution in [1.82, 2.24) is 10.6 Å². The molecule has 0 amide bonds. The third kappa shape index (κ3) is 8.48. The highest BCUT2D eigenvalue weighted by atomic mass is 127. The Bertz CT molecular complexity index is 583. The highest BCUT2D eigenvalue weighted by molar-refractivity contribution is 14.0. The van der Waals surface area contributed by atoms with Gasteiger partial charge in [0.25, 0.3) is 0 Å². The fraction of sp³-hybridized carbons (Fsp3) is 0.650. The maximum Gasteiger partial charge on any atom is 0.191 e. The Hall–Kier alpha value is -1.13. The molecule has 0 heterocycles. The molecular formula is C20H33FIN3O3. The van der Waals surface area contributed by atoms with Crippen LogP contribution in [0.4, 0.5) is 4.39 Å². The van der Waals surface area contributed by atoms with Crippen molar-refractivity contribution in [2.24, 2.45) is 10.4 Å². The van der Waals surface area contributed by atoms with Gasteiger partial charge in [-0.25, -0.2) is 4.39 Å². The summed E-state index contributed by atoms with van der Waals surface area (Å²) >= 11 is 0. The van der Waals surface area contributed by atoms with Crippen LogP contribution in [0.2, 0.25) is 0 Å². The minimum absolute atomic E-state index is 0. The van der Waals surface area contributed by atoms with Gasteiger partial charge in [-0.2, -0.15) is 0 Å². The molecule has 1 aromatic rings. The third-order valence-corrected chi connectivity index (χ3v) is 4.93. The van der Waals surface area contributed by atoms with Gasteiger partial charge in [0.2, 0.25) is 0 Å². The molecule has 3 N–H and O–H groups in total. The molecule has 0 aliphatic heterocycles. The number of halogens is 2. The van der Waals surface area contributed by atoms with Crippen LogP contribution >= 0.6 is 24.0 Å². The van der Waals surface area contributed by atoms with Crippen molar-refractivity contribution in [2.45, 2.75) is 38.7 Å². The summed E-state index contributed by atoms with van der Waals surface area (Å²) in [7, 11) is 1.73. The van der Waals surface area contributed by atoms with Crippen molar-refractivity contribution >= 4 is 29.9 Å². The van der Waals surface area contributed by atoms with E-state index in [0.29, 0.717) is 18.3 Å². The van der Waals surface area contributed by atoms with Crippen molar-refractivity contribution in [2.75, 3.05) is 40.0 Å². The van der Waals surface area contributed by atoms with E-state index in [9.17, 15) is 9.50 Å². The number of nitrogens with zero attached hydrogens (tertiary/aromatic N) is 1. The fourth-order valence-electron chi connectivity index (χ4n) is 3.07. The maximum absolute atomic E-state index is 12.9. The van der Waals surface area contributed by atoms with E-state index in [1.807, 2.05) is 6.92 Å². The number of methoxy groups -OCH3 is 1. The van der Waals surface area contributed by atoms with Crippen LogP contribution in [-0.4, -0.2) is 57.1 Å². The van der Waals surface area contributed by atoms with Crippen LogP contribution in [0, 0.1) is 11.2 Å². The number of aliphatic imine (C=N–C) groups is 1. The van der Waals surface area contributed by atoms with E-state index in [0.717, 1.165) is 26.1 Å². The summed E-state index contributed by atoms with van der Waals surface area (Å²) in [4.78, 5) is 4.71. The summed E-state index contributed by atoms with van der Waals surface area (Å²) in [5.74, 6) is 0.911. The Kier molecular flexibility index (Phi) is 11.7. The molecule has 0 saturated heterocycles. The van der Waals surface area contributed by atoms with E-state index in [-0.39, 0.29) is 41.8 Å². The fourth-order valence-corrected chi connectivity index (χ4v) is 3.07. The quantitative estimate of drug-likeness (QED) is 0.243. The average Bonchev–Trinajstić information content (AvgIpc) is 2.64. The molecule has 8 heteroatoms. The summed E-state index contributed by atoms with van der Waals surface area (Å²) in [5.41, 5.74) is 0.253. The summed E-state index contributed by atoms with van der Waals surface area (Å²) in [6.45, 7) is 4.72. The molecule has 160 valence electrons. The molecule has 0 bridgehead atoms. The zero-order chi connectivity index (χ0) is 19.5. The van der Waals surface area contributed by atoms with Crippen LogP contribution in [0.1, 0.15) is 32.6 Å². The van der Waals surface area contributed by atoms with Crippen molar-refractivity contribution in [3.05, 3.63) is 30.1 Å². The van der Waals surface area contributed by atoms with Gasteiger partial charge in [-0.1, -0.05) is 6.42 Å². The number of hydrogen-bond donors (Lipinski definition) is 3. The largest absolute Gasteiger partial charge is 0.491 e. The number of guanidine groups is 1. The molecule has 1 aromatic carbocycles. The molecule has 6 nitrogen and oxygen atoms in total. The van der Waals surface area contributed by atoms with E-state index < -0.39 is 6.10 Å². The smallest absolute Gasteiger partial charge is 0.191 e. The number of ether oxygens (including phenoxy) is 2. The summed E-state index contributed by atoms with van der Waals surface area (Å²) in [6.07, 6.45) is 3.95. The van der Waals surface area contributed by atoms with Gasteiger partial charge in [0.05, 0.1) is 0 Å². The monoisotopic (exact) mass is 509 g/mol. The van der Waals surface area contributed by atoms with Crippen LogP contribution in [0.15, 0.2) is 29.3 Å². The second-order valence-corrected chi connectivity index (χ2v) is 7.09. The molecule has 1 saturated carbocycles. The highest BCUT2D eigenvalue weighted by Crippen LogP contribution is 2.44. The molecule has 2 rings (SSSR count). The number of rotatable bonds is 11. The van der Waals surface area contributed by atoms with Crippen LogP contribution in [0.5, 0.6) is 5.75 Å². The van der Waals surface area contributed by atoms with Gasteiger partial charge in [-0.3, -0.25) is 4.99 Å². The predicted octanol–water partition coefficient (Wildman–Crippen LogP) is 2.95. The lowest BCUT2D eigenvalue weighted by atomic mass is 9.67. The number of hydrogen-bond acceptors (Lipinski definition) is 4. The second kappa shape index (κ2) is 13.2. The Balaban J connectivity index is 0.00000392. The van der Waals surface area contributed by atoms with Gasteiger partial charge < -0.3 is 25.2 Å². The van der Waals surface area contributed by atoms with E-state index in [1.54, 1.807) is 19.2 Å². The van der Waals surface area contributed by atoms with Crippen molar-refractivity contribution in [3.63, 3.8) is 0 Å². The Morgan fingerprint density at radius 2 is 2.00 bits per heavy atom. The molecule has 0 aromatic heterocycles. The first kappa shape index (κ1) is 24.9. The molecule has 1 unspecified atom stereocenters. The zero-order valence-corrected chi connectivity index (χ0v) is 19.1. The first-order chi connectivity index (χ1) is 13.1. The van der Waals surface area contributed by atoms with Crippen LogP contribution in [0.25, 0.3) is 0 Å². The lowest BCUT2D eigenvalue weighted by molar-refractivity contribution is 0.0777. The van der Waals surface area contributed by atoms with Crippen LogP contribution in [0.3, 0.4) is 0 Å². The highest BCUT2D eigenvalue weighted by Gasteiger charge is 2.36. The van der Waals surface area contributed by atoms with Crippen molar-refractivity contribution in [1.29, 1.82) is 0 Å². The van der Waals surface area contributed by atoms with Gasteiger partial charge >= 0.3 is 0 Å². The number of nitrogens with one attached hydrogen (secondary N) is 2. The minimum Gasteiger partial charge on any atom is -0.491 e. The van der Waals surface area contributed by atoms with Crippen LogP contribution in [-0.2, 0) is 4.74 Å². The number of aliphatic hydroxyl groups is 1. The van der Waals surface area contributed by atoms with E-state index in [1.165, 1.54) is 31.4 Å². The number of benzene rings is 1. The number of aliphatic hydroxyl groups excluding tert-OH is 1. The van der Waals surface area contributed by atoms with Gasteiger partial charge in [0.15, 0.2) is 5.96 Å². The van der Waals surface area contributed by atoms with Crippen molar-refractivity contribution in [3.8, 4) is 5.75 Å². The van der Waals surface area contributed by atoms with E-state index in [4.69, 9.17) is 14.5 Å². The Morgan fingerprint density at radius 3 is 2.57 bits per heavy atom. The molecule has 1 aliphatic rings. The van der Waals surface area contributed by atoms with Gasteiger partial charge in [-0.15, -0.1) is 24.0 Å². The minimum atomic E-state index is -0.704. The Morgan fingerprint density at radius 1 is 1.29 bits per heavy atom. The molecule has 1 fully saturated rings.